The molecule has 108 valence electrons. The predicted octanol–water partition coefficient (Wildman–Crippen LogP) is 4.69. The van der Waals surface area contributed by atoms with Gasteiger partial charge < -0.3 is 9.30 Å². The van der Waals surface area contributed by atoms with Gasteiger partial charge >= 0.3 is 0 Å². The first kappa shape index (κ1) is 13.7. The lowest BCUT2D eigenvalue weighted by atomic mass is 10.1. The van der Waals surface area contributed by atoms with E-state index in [0.717, 1.165) is 12.2 Å². The zero-order valence-electron chi connectivity index (χ0n) is 12.3. The van der Waals surface area contributed by atoms with Crippen molar-refractivity contribution in [1.29, 1.82) is 0 Å². The SMILES string of the molecule is CCn1c(COc2ccccc2F)cc2c(C)cccc21. The monoisotopic (exact) mass is 283 g/mol. The Labute approximate surface area is 123 Å². The van der Waals surface area contributed by atoms with E-state index in [0.29, 0.717) is 12.4 Å². The number of para-hydroxylation sites is 1. The van der Waals surface area contributed by atoms with Crippen LogP contribution in [0.25, 0.3) is 10.9 Å². The molecule has 0 saturated heterocycles. The molecule has 0 aliphatic rings. The highest BCUT2D eigenvalue weighted by Gasteiger charge is 2.10. The van der Waals surface area contributed by atoms with Crippen LogP contribution in [-0.2, 0) is 13.2 Å². The number of aromatic nitrogens is 1. The predicted molar refractivity (Wildman–Crippen MR) is 83.1 cm³/mol. The zero-order chi connectivity index (χ0) is 14.8. The van der Waals surface area contributed by atoms with Gasteiger partial charge in [0.2, 0.25) is 0 Å². The van der Waals surface area contributed by atoms with E-state index in [1.165, 1.54) is 22.5 Å². The normalized spacial score (nSPS) is 11.0. The molecule has 3 heteroatoms. The summed E-state index contributed by atoms with van der Waals surface area (Å²) in [5.74, 6) is -0.0324. The Bertz CT molecular complexity index is 776. The highest BCUT2D eigenvalue weighted by atomic mass is 19.1. The smallest absolute Gasteiger partial charge is 0.165 e. The lowest BCUT2D eigenvalue weighted by Gasteiger charge is -2.10. The first-order chi connectivity index (χ1) is 10.2. The average molecular weight is 283 g/mol. The number of nitrogens with zero attached hydrogens (tertiary/aromatic N) is 1. The Balaban J connectivity index is 1.94. The molecule has 0 aliphatic heterocycles. The van der Waals surface area contributed by atoms with Crippen LogP contribution in [0.4, 0.5) is 4.39 Å². The molecule has 3 rings (SSSR count). The molecular weight excluding hydrogens is 265 g/mol. The minimum atomic E-state index is -0.326. The Hall–Kier alpha value is -2.29. The van der Waals surface area contributed by atoms with Crippen molar-refractivity contribution >= 4 is 10.9 Å². The van der Waals surface area contributed by atoms with Crippen molar-refractivity contribution in [1.82, 2.24) is 4.57 Å². The van der Waals surface area contributed by atoms with E-state index < -0.39 is 0 Å². The molecule has 0 bridgehead atoms. The molecule has 3 aromatic rings. The van der Waals surface area contributed by atoms with Crippen molar-refractivity contribution in [3.05, 3.63) is 65.6 Å². The molecule has 0 unspecified atom stereocenters. The molecule has 1 heterocycles. The van der Waals surface area contributed by atoms with Gasteiger partial charge in [-0.1, -0.05) is 24.3 Å². The van der Waals surface area contributed by atoms with Crippen molar-refractivity contribution in [2.75, 3.05) is 0 Å². The van der Waals surface area contributed by atoms with Gasteiger partial charge in [-0.25, -0.2) is 4.39 Å². The molecule has 2 nitrogen and oxygen atoms in total. The van der Waals surface area contributed by atoms with Gasteiger partial charge in [-0.15, -0.1) is 0 Å². The number of hydrogen-bond donors (Lipinski definition) is 0. The molecule has 1 aromatic heterocycles. The van der Waals surface area contributed by atoms with Gasteiger partial charge in [-0.3, -0.25) is 0 Å². The third kappa shape index (κ3) is 2.51. The van der Waals surface area contributed by atoms with Crippen molar-refractivity contribution in [3.8, 4) is 5.75 Å². The van der Waals surface area contributed by atoms with Crippen LogP contribution in [0, 0.1) is 12.7 Å². The highest BCUT2D eigenvalue weighted by Crippen LogP contribution is 2.25. The standard InChI is InChI=1S/C18H18FNO/c1-3-20-14(11-15-13(2)7-6-9-17(15)20)12-21-18-10-5-4-8-16(18)19/h4-11H,3,12H2,1-2H3. The second-order valence-corrected chi connectivity index (χ2v) is 5.11. The Morgan fingerprint density at radius 3 is 2.67 bits per heavy atom. The van der Waals surface area contributed by atoms with E-state index >= 15 is 0 Å². The number of fused-ring (bicyclic) bond motifs is 1. The molecule has 2 aromatic carbocycles. The Morgan fingerprint density at radius 1 is 1.10 bits per heavy atom. The van der Waals surface area contributed by atoms with Gasteiger partial charge in [0.1, 0.15) is 6.61 Å². The van der Waals surface area contributed by atoms with Crippen LogP contribution in [0.1, 0.15) is 18.2 Å². The zero-order valence-corrected chi connectivity index (χ0v) is 12.3. The van der Waals surface area contributed by atoms with Crippen molar-refractivity contribution in [2.24, 2.45) is 0 Å². The number of ether oxygens (including phenoxy) is 1. The van der Waals surface area contributed by atoms with E-state index in [2.05, 4.69) is 42.7 Å². The topological polar surface area (TPSA) is 14.2 Å². The van der Waals surface area contributed by atoms with Crippen LogP contribution in [0.2, 0.25) is 0 Å². The van der Waals surface area contributed by atoms with Gasteiger partial charge in [0.25, 0.3) is 0 Å². The third-order valence-electron chi connectivity index (χ3n) is 3.78. The van der Waals surface area contributed by atoms with Crippen LogP contribution in [0.15, 0.2) is 48.5 Å². The van der Waals surface area contributed by atoms with Crippen LogP contribution >= 0.6 is 0 Å². The second kappa shape index (κ2) is 5.60. The van der Waals surface area contributed by atoms with Gasteiger partial charge in [-0.2, -0.15) is 0 Å². The first-order valence-corrected chi connectivity index (χ1v) is 7.15. The molecule has 0 atom stereocenters. The van der Waals surface area contributed by atoms with Crippen LogP contribution in [0.3, 0.4) is 0 Å². The molecule has 21 heavy (non-hydrogen) atoms. The Kier molecular flexibility index (Phi) is 3.65. The number of hydrogen-bond acceptors (Lipinski definition) is 1. The maximum absolute atomic E-state index is 13.6. The van der Waals surface area contributed by atoms with Gasteiger partial charge in [0.15, 0.2) is 11.6 Å². The van der Waals surface area contributed by atoms with E-state index in [-0.39, 0.29) is 5.82 Å². The highest BCUT2D eigenvalue weighted by molar-refractivity contribution is 5.84. The summed E-state index contributed by atoms with van der Waals surface area (Å²) in [6, 6.07) is 14.9. The lowest BCUT2D eigenvalue weighted by Crippen LogP contribution is -2.05. The summed E-state index contributed by atoms with van der Waals surface area (Å²) >= 11 is 0. The summed E-state index contributed by atoms with van der Waals surface area (Å²) in [6.45, 7) is 5.43. The molecule has 0 amide bonds. The fourth-order valence-corrected chi connectivity index (χ4v) is 2.69. The summed E-state index contributed by atoms with van der Waals surface area (Å²) in [4.78, 5) is 0. The fraction of sp³-hybridized carbons (Fsp3) is 0.222. The number of benzene rings is 2. The summed E-state index contributed by atoms with van der Waals surface area (Å²) in [5, 5.41) is 1.23. The third-order valence-corrected chi connectivity index (χ3v) is 3.78. The summed E-state index contributed by atoms with van der Waals surface area (Å²) in [7, 11) is 0. The van der Waals surface area contributed by atoms with Gasteiger partial charge in [-0.05, 0) is 43.7 Å². The fourth-order valence-electron chi connectivity index (χ4n) is 2.69. The number of halogens is 1. The van der Waals surface area contributed by atoms with Crippen LogP contribution in [-0.4, -0.2) is 4.57 Å². The summed E-state index contributed by atoms with van der Waals surface area (Å²) in [5.41, 5.74) is 3.50. The van der Waals surface area contributed by atoms with Crippen LogP contribution < -0.4 is 4.74 Å². The van der Waals surface area contributed by atoms with Gasteiger partial charge in [0, 0.05) is 17.4 Å². The molecule has 0 spiro atoms. The maximum atomic E-state index is 13.6. The quantitative estimate of drug-likeness (QED) is 0.677. The molecule has 0 saturated carbocycles. The first-order valence-electron chi connectivity index (χ1n) is 7.15. The molecule has 0 radical (unpaired) electrons. The molecule has 0 fully saturated rings. The van der Waals surface area contributed by atoms with E-state index in [4.69, 9.17) is 4.74 Å². The molecular formula is C18H18FNO. The van der Waals surface area contributed by atoms with Crippen LogP contribution in [0.5, 0.6) is 5.75 Å². The minimum Gasteiger partial charge on any atom is -0.484 e. The van der Waals surface area contributed by atoms with E-state index in [9.17, 15) is 4.39 Å². The van der Waals surface area contributed by atoms with Gasteiger partial charge in [0.05, 0.1) is 5.69 Å². The lowest BCUT2D eigenvalue weighted by molar-refractivity contribution is 0.281. The van der Waals surface area contributed by atoms with Crippen molar-refractivity contribution in [3.63, 3.8) is 0 Å². The average Bonchev–Trinajstić information content (AvgIpc) is 2.85. The van der Waals surface area contributed by atoms with E-state index in [1.807, 2.05) is 0 Å². The Morgan fingerprint density at radius 2 is 1.90 bits per heavy atom. The minimum absolute atomic E-state index is 0.294. The number of rotatable bonds is 4. The number of aryl methyl sites for hydroxylation is 2. The van der Waals surface area contributed by atoms with Crippen molar-refractivity contribution < 1.29 is 9.13 Å². The summed E-state index contributed by atoms with van der Waals surface area (Å²) < 4.78 is 21.5. The molecule has 0 N–H and O–H groups in total. The van der Waals surface area contributed by atoms with E-state index in [1.54, 1.807) is 18.2 Å². The molecule has 0 aliphatic carbocycles. The second-order valence-electron chi connectivity index (χ2n) is 5.11. The largest absolute Gasteiger partial charge is 0.484 e. The van der Waals surface area contributed by atoms with Crippen molar-refractivity contribution in [2.45, 2.75) is 27.0 Å². The maximum Gasteiger partial charge on any atom is 0.165 e. The summed E-state index contributed by atoms with van der Waals surface area (Å²) in [6.07, 6.45) is 0.